The third-order valence-corrected chi connectivity index (χ3v) is 5.87. The molecule has 0 spiro atoms. The molecule has 2 heterocycles. The Kier molecular flexibility index (Phi) is 6.29. The predicted octanol–water partition coefficient (Wildman–Crippen LogP) is 2.51. The minimum atomic E-state index is -0.692. The first-order valence-corrected chi connectivity index (χ1v) is 10.9. The molecule has 2 aromatic rings. The maximum absolute atomic E-state index is 13.1. The van der Waals surface area contributed by atoms with Crippen LogP contribution in [0.25, 0.3) is 5.76 Å². The fourth-order valence-corrected chi connectivity index (χ4v) is 4.07. The largest absolute Gasteiger partial charge is 0.507 e. The summed E-state index contributed by atoms with van der Waals surface area (Å²) in [5, 5.41) is 11.2. The van der Waals surface area contributed by atoms with Crippen LogP contribution in [0, 0.1) is 0 Å². The topological polar surface area (TPSA) is 82.6 Å². The van der Waals surface area contributed by atoms with Gasteiger partial charge in [-0.2, -0.15) is 0 Å². The van der Waals surface area contributed by atoms with E-state index >= 15 is 0 Å². The van der Waals surface area contributed by atoms with Crippen molar-refractivity contribution >= 4 is 23.1 Å². The summed E-state index contributed by atoms with van der Waals surface area (Å²) in [7, 11) is 7.71. The average molecular weight is 452 g/mol. The molecule has 174 valence electrons. The molecule has 33 heavy (non-hydrogen) atoms. The van der Waals surface area contributed by atoms with Crippen molar-refractivity contribution in [3.63, 3.8) is 0 Å². The minimum absolute atomic E-state index is 0.0769. The molecule has 0 saturated carbocycles. The van der Waals surface area contributed by atoms with Crippen LogP contribution in [0.4, 0.5) is 5.69 Å². The molecule has 0 aromatic heterocycles. The molecule has 1 amide bonds. The van der Waals surface area contributed by atoms with Crippen molar-refractivity contribution in [3.05, 3.63) is 59.2 Å². The summed E-state index contributed by atoms with van der Waals surface area (Å²) in [6.45, 7) is 1.81. The van der Waals surface area contributed by atoms with Gasteiger partial charge in [-0.1, -0.05) is 12.1 Å². The Morgan fingerprint density at radius 3 is 2.30 bits per heavy atom. The number of ketones is 1. The van der Waals surface area contributed by atoms with Crippen molar-refractivity contribution in [1.29, 1.82) is 0 Å². The third kappa shape index (κ3) is 4.39. The van der Waals surface area contributed by atoms with Crippen molar-refractivity contribution in [1.82, 2.24) is 9.80 Å². The van der Waals surface area contributed by atoms with Crippen molar-refractivity contribution in [2.45, 2.75) is 6.04 Å². The van der Waals surface area contributed by atoms with Gasteiger partial charge in [0.05, 0.1) is 11.6 Å². The second kappa shape index (κ2) is 9.15. The second-order valence-electron chi connectivity index (χ2n) is 8.64. The normalized spacial score (nSPS) is 19.3. The van der Waals surface area contributed by atoms with Gasteiger partial charge in [-0.05, 0) is 50.0 Å². The highest BCUT2D eigenvalue weighted by molar-refractivity contribution is 6.46. The van der Waals surface area contributed by atoms with Crippen LogP contribution >= 0.6 is 0 Å². The average Bonchev–Trinajstić information content (AvgIpc) is 3.06. The maximum Gasteiger partial charge on any atom is 0.295 e. The molecular weight excluding hydrogens is 422 g/mol. The number of benzene rings is 2. The number of carbonyl (C=O) groups is 2. The Bertz CT molecular complexity index is 1090. The van der Waals surface area contributed by atoms with E-state index in [4.69, 9.17) is 9.47 Å². The molecule has 8 nitrogen and oxygen atoms in total. The molecular formula is C25H29N3O5. The molecule has 0 unspecified atom stereocenters. The lowest BCUT2D eigenvalue weighted by Gasteiger charge is -2.27. The molecule has 2 aliphatic rings. The number of Topliss-reactive ketones (excluding diaryl/α,β-unsaturated/α-hetero) is 1. The van der Waals surface area contributed by atoms with Crippen molar-refractivity contribution in [2.75, 3.05) is 59.4 Å². The van der Waals surface area contributed by atoms with Gasteiger partial charge in [0.2, 0.25) is 0 Å². The van der Waals surface area contributed by atoms with Crippen LogP contribution in [-0.4, -0.2) is 81.1 Å². The maximum atomic E-state index is 13.1. The summed E-state index contributed by atoms with van der Waals surface area (Å²) in [6.07, 6.45) is 0. The van der Waals surface area contributed by atoms with Crippen LogP contribution in [0.3, 0.4) is 0 Å². The number of hydrogen-bond acceptors (Lipinski definition) is 7. The number of ether oxygens (including phenoxy) is 2. The summed E-state index contributed by atoms with van der Waals surface area (Å²) in [4.78, 5) is 31.6. The monoisotopic (exact) mass is 451 g/mol. The van der Waals surface area contributed by atoms with E-state index in [-0.39, 0.29) is 11.3 Å². The van der Waals surface area contributed by atoms with E-state index in [0.717, 1.165) is 11.3 Å². The Morgan fingerprint density at radius 1 is 1.00 bits per heavy atom. The van der Waals surface area contributed by atoms with E-state index < -0.39 is 17.7 Å². The Hall–Kier alpha value is -3.52. The van der Waals surface area contributed by atoms with Crippen LogP contribution in [0.2, 0.25) is 0 Å². The van der Waals surface area contributed by atoms with Crippen LogP contribution in [0.15, 0.2) is 48.0 Å². The van der Waals surface area contributed by atoms with Gasteiger partial charge in [0.25, 0.3) is 11.7 Å². The molecule has 1 atom stereocenters. The van der Waals surface area contributed by atoms with Crippen molar-refractivity contribution in [3.8, 4) is 11.5 Å². The van der Waals surface area contributed by atoms with E-state index in [9.17, 15) is 14.7 Å². The summed E-state index contributed by atoms with van der Waals surface area (Å²) in [6, 6.07) is 12.0. The zero-order chi connectivity index (χ0) is 23.7. The van der Waals surface area contributed by atoms with Crippen LogP contribution < -0.4 is 14.4 Å². The first-order valence-electron chi connectivity index (χ1n) is 10.9. The second-order valence-corrected chi connectivity index (χ2v) is 8.64. The smallest absolute Gasteiger partial charge is 0.295 e. The lowest BCUT2D eigenvalue weighted by molar-refractivity contribution is -0.140. The molecule has 0 aliphatic carbocycles. The van der Waals surface area contributed by atoms with Gasteiger partial charge in [0.15, 0.2) is 11.5 Å². The lowest BCUT2D eigenvalue weighted by atomic mass is 9.95. The predicted molar refractivity (Wildman–Crippen MR) is 126 cm³/mol. The number of hydrogen-bond donors (Lipinski definition) is 1. The van der Waals surface area contributed by atoms with Gasteiger partial charge in [0, 0.05) is 38.4 Å². The quantitative estimate of drug-likeness (QED) is 0.411. The van der Waals surface area contributed by atoms with Crippen molar-refractivity contribution in [2.24, 2.45) is 0 Å². The van der Waals surface area contributed by atoms with Crippen molar-refractivity contribution < 1.29 is 24.2 Å². The molecule has 8 heteroatoms. The van der Waals surface area contributed by atoms with E-state index in [0.29, 0.717) is 43.4 Å². The van der Waals surface area contributed by atoms with Gasteiger partial charge in [-0.3, -0.25) is 9.59 Å². The van der Waals surface area contributed by atoms with E-state index in [1.54, 1.807) is 18.2 Å². The zero-order valence-corrected chi connectivity index (χ0v) is 19.4. The SMILES string of the molecule is CN(C)CCN1C(=O)C(=O)/C(=C(/O)c2ccc3c(c2)OCCO3)[C@@H]1c1ccc(N(C)C)cc1. The highest BCUT2D eigenvalue weighted by atomic mass is 16.6. The van der Waals surface area contributed by atoms with Gasteiger partial charge < -0.3 is 29.3 Å². The fourth-order valence-electron chi connectivity index (χ4n) is 4.07. The standard InChI is InChI=1S/C25H29N3O5/c1-26(2)11-12-28-22(16-5-8-18(9-6-16)27(3)4)21(24(30)25(28)31)23(29)17-7-10-19-20(15-17)33-14-13-32-19/h5-10,15,22,29H,11-14H2,1-4H3/b23-21+/t22-/m0/s1. The van der Waals surface area contributed by atoms with E-state index in [1.165, 1.54) is 4.90 Å². The molecule has 1 N–H and O–H groups in total. The molecule has 0 radical (unpaired) electrons. The molecule has 4 rings (SSSR count). The molecule has 0 bridgehead atoms. The summed E-state index contributed by atoms with van der Waals surface area (Å²) < 4.78 is 11.2. The molecule has 1 saturated heterocycles. The van der Waals surface area contributed by atoms with Gasteiger partial charge in [0.1, 0.15) is 19.0 Å². The number of fused-ring (bicyclic) bond motifs is 1. The van der Waals surface area contributed by atoms with Crippen LogP contribution in [0.1, 0.15) is 17.2 Å². The first kappa shape index (κ1) is 22.7. The molecule has 1 fully saturated rings. The zero-order valence-electron chi connectivity index (χ0n) is 19.4. The van der Waals surface area contributed by atoms with Gasteiger partial charge >= 0.3 is 0 Å². The first-order chi connectivity index (χ1) is 15.8. The van der Waals surface area contributed by atoms with Gasteiger partial charge in [-0.15, -0.1) is 0 Å². The number of aliphatic hydroxyl groups is 1. The Labute approximate surface area is 193 Å². The molecule has 2 aliphatic heterocycles. The summed E-state index contributed by atoms with van der Waals surface area (Å²) >= 11 is 0. The number of nitrogens with zero attached hydrogens (tertiary/aromatic N) is 3. The summed E-state index contributed by atoms with van der Waals surface area (Å²) in [5.41, 5.74) is 2.24. The fraction of sp³-hybridized carbons (Fsp3) is 0.360. The van der Waals surface area contributed by atoms with E-state index in [1.807, 2.05) is 62.3 Å². The van der Waals surface area contributed by atoms with Crippen LogP contribution in [0.5, 0.6) is 11.5 Å². The highest BCUT2D eigenvalue weighted by Gasteiger charge is 2.46. The number of carbonyl (C=O) groups excluding carboxylic acids is 2. The Morgan fingerprint density at radius 2 is 1.67 bits per heavy atom. The number of aliphatic hydroxyl groups excluding tert-OH is 1. The molecule has 2 aromatic carbocycles. The Balaban J connectivity index is 1.81. The lowest BCUT2D eigenvalue weighted by Crippen LogP contribution is -2.35. The number of amides is 1. The number of likely N-dealkylation sites (N-methyl/N-ethyl adjacent to an activating group) is 1. The number of rotatable bonds is 6. The number of likely N-dealkylation sites (tertiary alicyclic amines) is 1. The van der Waals surface area contributed by atoms with Crippen LogP contribution in [-0.2, 0) is 9.59 Å². The number of anilines is 1. The third-order valence-electron chi connectivity index (χ3n) is 5.87. The minimum Gasteiger partial charge on any atom is -0.507 e. The highest BCUT2D eigenvalue weighted by Crippen LogP contribution is 2.41. The van der Waals surface area contributed by atoms with Gasteiger partial charge in [-0.25, -0.2) is 0 Å². The summed E-state index contributed by atoms with van der Waals surface area (Å²) in [5.74, 6) is -0.445. The van der Waals surface area contributed by atoms with E-state index in [2.05, 4.69) is 0 Å².